The van der Waals surface area contributed by atoms with Gasteiger partial charge in [-0.2, -0.15) is 8.78 Å². The van der Waals surface area contributed by atoms with Gasteiger partial charge in [0.05, 0.1) is 11.1 Å². The summed E-state index contributed by atoms with van der Waals surface area (Å²) < 4.78 is 31.9. The number of nitrogen functional groups attached to an aromatic ring is 1. The number of benzene rings is 1. The molecule has 0 unspecified atom stereocenters. The van der Waals surface area contributed by atoms with Crippen LogP contribution in [0.1, 0.15) is 37.8 Å². The van der Waals surface area contributed by atoms with Gasteiger partial charge in [-0.1, -0.05) is 24.8 Å². The Kier molecular flexibility index (Phi) is 6.24. The highest BCUT2D eigenvalue weighted by Crippen LogP contribution is 2.48. The van der Waals surface area contributed by atoms with E-state index in [1.165, 1.54) is 30.1 Å². The van der Waals surface area contributed by atoms with Crippen LogP contribution >= 0.6 is 0 Å². The minimum absolute atomic E-state index is 0.000648. The summed E-state index contributed by atoms with van der Waals surface area (Å²) in [4.78, 5) is 22.6. The van der Waals surface area contributed by atoms with Gasteiger partial charge in [0.15, 0.2) is 0 Å². The van der Waals surface area contributed by atoms with E-state index in [1.54, 1.807) is 12.1 Å². The van der Waals surface area contributed by atoms with Crippen LogP contribution in [0, 0.1) is 5.41 Å². The number of carbonyl (C=O) groups excluding carboxylic acids is 1. The Balaban J connectivity index is 1.51. The molecule has 3 aromatic rings. The van der Waals surface area contributed by atoms with Gasteiger partial charge >= 0.3 is 6.61 Å². The Bertz CT molecular complexity index is 1340. The molecule has 0 saturated carbocycles. The van der Waals surface area contributed by atoms with Crippen LogP contribution in [0.25, 0.3) is 27.7 Å². The fourth-order valence-electron chi connectivity index (χ4n) is 5.68. The summed E-state index contributed by atoms with van der Waals surface area (Å²) >= 11 is 0. The van der Waals surface area contributed by atoms with Crippen molar-refractivity contribution in [3.05, 3.63) is 55.0 Å². The number of ether oxygens (including phenoxy) is 1. The number of nitrogens with two attached hydrogens (primary N) is 1. The minimum atomic E-state index is -2.88. The Morgan fingerprint density at radius 3 is 2.53 bits per heavy atom. The SMILES string of the molecule is C=CC(=O)N1CCC2(CC=C(c3c(-c4ccc(OC(F)F)cc4)c4c(N)ncnc4n3C)CC2)CC1. The molecule has 1 aliphatic carbocycles. The molecule has 1 saturated heterocycles. The van der Waals surface area contributed by atoms with Gasteiger partial charge in [0.1, 0.15) is 23.5 Å². The van der Waals surface area contributed by atoms with E-state index in [9.17, 15) is 13.6 Å². The number of halogens is 2. The first kappa shape index (κ1) is 24.0. The lowest BCUT2D eigenvalue weighted by Gasteiger charge is -2.43. The molecule has 2 aromatic heterocycles. The van der Waals surface area contributed by atoms with Crippen molar-refractivity contribution in [2.24, 2.45) is 12.5 Å². The molecule has 7 nitrogen and oxygen atoms in total. The number of aromatic nitrogens is 3. The zero-order valence-electron chi connectivity index (χ0n) is 20.2. The molecule has 1 fully saturated rings. The third kappa shape index (κ3) is 4.23. The van der Waals surface area contributed by atoms with Crippen LogP contribution in [-0.2, 0) is 11.8 Å². The molecule has 0 bridgehead atoms. The number of rotatable bonds is 5. The molecule has 5 rings (SSSR count). The molecule has 188 valence electrons. The zero-order chi connectivity index (χ0) is 25.4. The van der Waals surface area contributed by atoms with Gasteiger partial charge in [-0.25, -0.2) is 9.97 Å². The number of hydrogen-bond donors (Lipinski definition) is 1. The molecule has 2 aliphatic rings. The van der Waals surface area contributed by atoms with E-state index in [2.05, 4.69) is 27.4 Å². The van der Waals surface area contributed by atoms with Gasteiger partial charge in [-0.05, 0) is 66.9 Å². The highest BCUT2D eigenvalue weighted by atomic mass is 19.3. The number of amides is 1. The van der Waals surface area contributed by atoms with Gasteiger partial charge in [0.25, 0.3) is 0 Å². The number of carbonyl (C=O) groups is 1. The monoisotopic (exact) mass is 493 g/mol. The molecule has 1 aliphatic heterocycles. The van der Waals surface area contributed by atoms with E-state index in [0.29, 0.717) is 5.82 Å². The van der Waals surface area contributed by atoms with Crippen molar-refractivity contribution in [3.8, 4) is 16.9 Å². The molecular weight excluding hydrogens is 464 g/mol. The summed E-state index contributed by atoms with van der Waals surface area (Å²) in [6.07, 6.45) is 9.94. The third-order valence-corrected chi connectivity index (χ3v) is 7.69. The minimum Gasteiger partial charge on any atom is -0.435 e. The zero-order valence-corrected chi connectivity index (χ0v) is 20.2. The van der Waals surface area contributed by atoms with E-state index < -0.39 is 6.61 Å². The largest absolute Gasteiger partial charge is 0.435 e. The maximum atomic E-state index is 12.7. The second kappa shape index (κ2) is 9.37. The van der Waals surface area contributed by atoms with Crippen LogP contribution < -0.4 is 10.5 Å². The van der Waals surface area contributed by atoms with E-state index in [4.69, 9.17) is 5.73 Å². The second-order valence-corrected chi connectivity index (χ2v) is 9.61. The Labute approximate surface area is 208 Å². The molecule has 0 atom stereocenters. The predicted octanol–water partition coefficient (Wildman–Crippen LogP) is 5.18. The van der Waals surface area contributed by atoms with Crippen molar-refractivity contribution >= 4 is 28.3 Å². The highest BCUT2D eigenvalue weighted by molar-refractivity contribution is 6.06. The first-order chi connectivity index (χ1) is 17.3. The van der Waals surface area contributed by atoms with E-state index in [0.717, 1.165) is 73.0 Å². The lowest BCUT2D eigenvalue weighted by Crippen LogP contribution is -2.43. The van der Waals surface area contributed by atoms with Crippen LogP contribution in [-0.4, -0.2) is 45.0 Å². The Morgan fingerprint density at radius 1 is 1.19 bits per heavy atom. The predicted molar refractivity (Wildman–Crippen MR) is 135 cm³/mol. The number of hydrogen-bond acceptors (Lipinski definition) is 5. The number of alkyl halides is 2. The van der Waals surface area contributed by atoms with Crippen molar-refractivity contribution in [1.29, 1.82) is 0 Å². The van der Waals surface area contributed by atoms with Crippen LogP contribution in [0.5, 0.6) is 5.75 Å². The molecule has 9 heteroatoms. The van der Waals surface area contributed by atoms with E-state index in [1.807, 2.05) is 16.5 Å². The van der Waals surface area contributed by atoms with Gasteiger partial charge < -0.3 is 19.9 Å². The smallest absolute Gasteiger partial charge is 0.387 e. The number of likely N-dealkylation sites (tertiary alicyclic amines) is 1. The lowest BCUT2D eigenvalue weighted by atomic mass is 9.68. The maximum absolute atomic E-state index is 12.7. The van der Waals surface area contributed by atoms with E-state index >= 15 is 0 Å². The van der Waals surface area contributed by atoms with Crippen molar-refractivity contribution in [3.63, 3.8) is 0 Å². The second-order valence-electron chi connectivity index (χ2n) is 9.61. The summed E-state index contributed by atoms with van der Waals surface area (Å²) in [6.45, 7) is 2.24. The van der Waals surface area contributed by atoms with Crippen LogP contribution in [0.3, 0.4) is 0 Å². The average Bonchev–Trinajstić information content (AvgIpc) is 3.18. The number of anilines is 1. The van der Waals surface area contributed by atoms with Crippen molar-refractivity contribution in [2.45, 2.75) is 38.7 Å². The highest BCUT2D eigenvalue weighted by Gasteiger charge is 2.37. The summed E-state index contributed by atoms with van der Waals surface area (Å²) in [5, 5.41) is 0.745. The first-order valence-electron chi connectivity index (χ1n) is 12.1. The molecule has 1 spiro atoms. The topological polar surface area (TPSA) is 86.3 Å². The molecule has 3 heterocycles. The number of aryl methyl sites for hydroxylation is 1. The summed E-state index contributed by atoms with van der Waals surface area (Å²) in [5.41, 5.74) is 11.2. The average molecular weight is 494 g/mol. The fraction of sp³-hybridized carbons (Fsp3) is 0.370. The van der Waals surface area contributed by atoms with Crippen LogP contribution in [0.15, 0.2) is 49.3 Å². The van der Waals surface area contributed by atoms with Crippen LogP contribution in [0.2, 0.25) is 0 Å². The molecule has 2 N–H and O–H groups in total. The number of piperidine rings is 1. The van der Waals surface area contributed by atoms with Crippen molar-refractivity contribution in [1.82, 2.24) is 19.4 Å². The quantitative estimate of drug-likeness (QED) is 0.495. The molecular formula is C27H29F2N5O2. The molecule has 1 amide bonds. The summed E-state index contributed by atoms with van der Waals surface area (Å²) in [7, 11) is 1.96. The first-order valence-corrected chi connectivity index (χ1v) is 12.1. The molecule has 0 radical (unpaired) electrons. The van der Waals surface area contributed by atoms with Crippen molar-refractivity contribution < 1.29 is 18.3 Å². The maximum Gasteiger partial charge on any atom is 0.387 e. The van der Waals surface area contributed by atoms with Gasteiger partial charge in [0.2, 0.25) is 5.91 Å². The Morgan fingerprint density at radius 2 is 1.92 bits per heavy atom. The molecule has 36 heavy (non-hydrogen) atoms. The fourth-order valence-corrected chi connectivity index (χ4v) is 5.68. The number of allylic oxidation sites excluding steroid dienone is 2. The summed E-state index contributed by atoms with van der Waals surface area (Å²) in [6, 6.07) is 6.60. The van der Waals surface area contributed by atoms with Gasteiger partial charge in [-0.3, -0.25) is 4.79 Å². The van der Waals surface area contributed by atoms with Crippen molar-refractivity contribution in [2.75, 3.05) is 18.8 Å². The van der Waals surface area contributed by atoms with E-state index in [-0.39, 0.29) is 17.1 Å². The summed E-state index contributed by atoms with van der Waals surface area (Å²) in [5.74, 6) is 0.470. The normalized spacial score (nSPS) is 17.4. The number of fused-ring (bicyclic) bond motifs is 1. The third-order valence-electron chi connectivity index (χ3n) is 7.69. The van der Waals surface area contributed by atoms with Gasteiger partial charge in [0, 0.05) is 25.7 Å². The van der Waals surface area contributed by atoms with Crippen LogP contribution in [0.4, 0.5) is 14.6 Å². The van der Waals surface area contributed by atoms with Gasteiger partial charge in [-0.15, -0.1) is 0 Å². The molecule has 1 aromatic carbocycles. The lowest BCUT2D eigenvalue weighted by molar-refractivity contribution is -0.128. The number of nitrogens with zero attached hydrogens (tertiary/aromatic N) is 4. The Hall–Kier alpha value is -3.75. The standard InChI is InChI=1S/C27H29F2N5O2/c1-3-20(35)34-14-12-27(13-15-34)10-8-18(9-11-27)23-21(17-4-6-19(7-5-17)36-26(28)29)22-24(30)31-16-32-25(22)33(23)2/h3-8,16,26H,1,9-15H2,2H3,(H2,30,31,32).